The summed E-state index contributed by atoms with van der Waals surface area (Å²) in [6.07, 6.45) is 4.15. The van der Waals surface area contributed by atoms with E-state index in [1.165, 1.54) is 0 Å². The molecule has 6 aliphatic carbocycles. The highest BCUT2D eigenvalue weighted by atomic mass is 16.5. The van der Waals surface area contributed by atoms with Crippen molar-refractivity contribution in [3.05, 3.63) is 18.2 Å². The number of H-pyrrole nitrogens is 1. The van der Waals surface area contributed by atoms with Gasteiger partial charge in [-0.3, -0.25) is 0 Å². The molecule has 4 nitrogen and oxygen atoms in total. The Morgan fingerprint density at radius 3 is 2.59 bits per heavy atom. The Balaban J connectivity index is 1.22. The first kappa shape index (κ1) is 8.27. The topological polar surface area (TPSA) is 63.9 Å². The van der Waals surface area contributed by atoms with E-state index in [4.69, 9.17) is 10.5 Å². The smallest absolute Gasteiger partial charge is 0.112 e. The van der Waals surface area contributed by atoms with Crippen molar-refractivity contribution < 1.29 is 4.74 Å². The molecule has 0 bridgehead atoms. The summed E-state index contributed by atoms with van der Waals surface area (Å²) in [6, 6.07) is 0. The van der Waals surface area contributed by atoms with Crippen molar-refractivity contribution in [2.75, 3.05) is 0 Å². The maximum Gasteiger partial charge on any atom is 0.112 e. The molecule has 6 aliphatic rings. The second-order valence-corrected chi connectivity index (χ2v) is 6.68. The van der Waals surface area contributed by atoms with Crippen LogP contribution in [0, 0.1) is 41.4 Å². The van der Waals surface area contributed by atoms with E-state index in [9.17, 15) is 0 Å². The number of hydrogen-bond donors (Lipinski definition) is 2. The number of rotatable bonds is 4. The molecule has 3 N–H and O–H groups in total. The Morgan fingerprint density at radius 2 is 2.00 bits per heavy atom. The Labute approximate surface area is 98.9 Å². The Bertz CT molecular complexity index is 474. The highest BCUT2D eigenvalue weighted by Crippen LogP contribution is 3.03. The van der Waals surface area contributed by atoms with Gasteiger partial charge < -0.3 is 15.5 Å². The summed E-state index contributed by atoms with van der Waals surface area (Å²) < 4.78 is 6.26. The first-order chi connectivity index (χ1) is 8.34. The molecular formula is C13H15N3O. The van der Waals surface area contributed by atoms with Crippen LogP contribution in [0.25, 0.3) is 0 Å². The molecule has 7 rings (SSSR count). The Kier molecular flexibility index (Phi) is 1.01. The first-order valence-electron chi connectivity index (χ1n) is 6.74. The average Bonchev–Trinajstić information content (AvgIpc) is 2.82. The predicted octanol–water partition coefficient (Wildman–Crippen LogP) is 0.374. The molecule has 17 heavy (non-hydrogen) atoms. The van der Waals surface area contributed by atoms with Crippen LogP contribution in [0.15, 0.2) is 12.5 Å². The zero-order valence-electron chi connectivity index (χ0n) is 9.41. The van der Waals surface area contributed by atoms with Crippen LogP contribution in [0.3, 0.4) is 0 Å². The second kappa shape index (κ2) is 2.08. The largest absolute Gasteiger partial charge is 0.356 e. The van der Waals surface area contributed by atoms with Crippen LogP contribution in [0.2, 0.25) is 0 Å². The molecule has 1 aromatic rings. The van der Waals surface area contributed by atoms with Gasteiger partial charge in [0.05, 0.1) is 11.9 Å². The number of aromatic amines is 1. The van der Waals surface area contributed by atoms with Gasteiger partial charge in [0.15, 0.2) is 0 Å². The van der Waals surface area contributed by atoms with Crippen LogP contribution in [-0.2, 0) is 11.2 Å². The van der Waals surface area contributed by atoms with E-state index >= 15 is 0 Å². The summed E-state index contributed by atoms with van der Waals surface area (Å²) in [5.74, 6) is 7.09. The van der Waals surface area contributed by atoms with Crippen LogP contribution < -0.4 is 5.73 Å². The molecule has 1 heterocycles. The third-order valence-electron chi connectivity index (χ3n) is 6.72. The van der Waals surface area contributed by atoms with Gasteiger partial charge in [0.1, 0.15) is 6.23 Å². The zero-order chi connectivity index (χ0) is 10.9. The van der Waals surface area contributed by atoms with Crippen molar-refractivity contribution in [3.63, 3.8) is 0 Å². The van der Waals surface area contributed by atoms with Crippen molar-refractivity contribution in [1.82, 2.24) is 9.97 Å². The fourth-order valence-corrected chi connectivity index (χ4v) is 6.48. The molecular weight excluding hydrogens is 214 g/mol. The van der Waals surface area contributed by atoms with Crippen LogP contribution in [0.1, 0.15) is 5.69 Å². The lowest BCUT2D eigenvalue weighted by Crippen LogP contribution is -3.09. The van der Waals surface area contributed by atoms with E-state index in [0.29, 0.717) is 0 Å². The summed E-state index contributed by atoms with van der Waals surface area (Å²) in [5.41, 5.74) is 7.49. The van der Waals surface area contributed by atoms with Crippen LogP contribution in [-0.4, -0.2) is 21.8 Å². The molecule has 6 saturated carbocycles. The maximum atomic E-state index is 6.26. The molecule has 88 valence electrons. The van der Waals surface area contributed by atoms with Gasteiger partial charge in [-0.15, -0.1) is 0 Å². The Morgan fingerprint density at radius 1 is 1.29 bits per heavy atom. The molecule has 0 aliphatic heterocycles. The fourth-order valence-electron chi connectivity index (χ4n) is 6.48. The molecule has 0 aromatic carbocycles. The molecule has 0 radical (unpaired) electrons. The van der Waals surface area contributed by atoms with Gasteiger partial charge >= 0.3 is 0 Å². The van der Waals surface area contributed by atoms with E-state index in [1.807, 2.05) is 6.20 Å². The number of nitrogens with zero attached hydrogens (tertiary/aromatic N) is 1. The summed E-state index contributed by atoms with van der Waals surface area (Å²) in [4.78, 5) is 7.11. The molecule has 0 amide bonds. The minimum Gasteiger partial charge on any atom is -0.356 e. The number of nitrogens with two attached hydrogens (primary N) is 1. The van der Waals surface area contributed by atoms with Gasteiger partial charge in [-0.05, 0) is 41.4 Å². The number of hydrogen-bond acceptors (Lipinski definition) is 3. The van der Waals surface area contributed by atoms with Crippen molar-refractivity contribution >= 4 is 0 Å². The highest BCUT2D eigenvalue weighted by Gasteiger charge is 3.05. The minimum absolute atomic E-state index is 0.152. The monoisotopic (exact) mass is 229 g/mol. The summed E-state index contributed by atoms with van der Waals surface area (Å²) >= 11 is 0. The van der Waals surface area contributed by atoms with E-state index in [2.05, 4.69) is 9.97 Å². The van der Waals surface area contributed by atoms with Crippen LogP contribution in [0.4, 0.5) is 0 Å². The molecule has 0 spiro atoms. The van der Waals surface area contributed by atoms with E-state index in [0.717, 1.165) is 53.5 Å². The van der Waals surface area contributed by atoms with Crippen molar-refractivity contribution in [1.29, 1.82) is 0 Å². The summed E-state index contributed by atoms with van der Waals surface area (Å²) in [5, 5.41) is 0. The predicted molar refractivity (Wildman–Crippen MR) is 58.5 cm³/mol. The van der Waals surface area contributed by atoms with Gasteiger partial charge in [0.25, 0.3) is 0 Å². The third kappa shape index (κ3) is 0.546. The normalized spacial score (nSPS) is 63.5. The van der Waals surface area contributed by atoms with Crippen LogP contribution >= 0.6 is 0 Å². The van der Waals surface area contributed by atoms with Crippen molar-refractivity contribution in [2.45, 2.75) is 18.2 Å². The van der Waals surface area contributed by atoms with Crippen LogP contribution in [0.5, 0.6) is 0 Å². The molecule has 1 aromatic heterocycles. The first-order valence-corrected chi connectivity index (χ1v) is 6.74. The van der Waals surface area contributed by atoms with E-state index < -0.39 is 0 Å². The Hall–Kier alpha value is -0.870. The highest BCUT2D eigenvalue weighted by molar-refractivity contribution is 5.52. The molecule has 1 unspecified atom stereocenters. The average molecular weight is 229 g/mol. The van der Waals surface area contributed by atoms with Gasteiger partial charge in [0.2, 0.25) is 0 Å². The number of nitrogens with one attached hydrogen (secondary N) is 1. The van der Waals surface area contributed by atoms with Gasteiger partial charge in [-0.2, -0.15) is 0 Å². The molecule has 1 atom stereocenters. The quantitative estimate of drug-likeness (QED) is 0.733. The van der Waals surface area contributed by atoms with Crippen molar-refractivity contribution in [2.24, 2.45) is 47.2 Å². The lowest BCUT2D eigenvalue weighted by molar-refractivity contribution is -0.629. The number of ether oxygens (including phenoxy) is 1. The number of aromatic nitrogens is 2. The summed E-state index contributed by atoms with van der Waals surface area (Å²) in [6.45, 7) is 0. The SMILES string of the molecule is NC(Cc1cnc[nH]1)OC12C3C4C5C3C1C5C42. The molecule has 6 fully saturated rings. The van der Waals surface area contributed by atoms with E-state index in [-0.39, 0.29) is 11.8 Å². The standard InChI is InChI=1S/C13H15N3O/c14-5(1-4-2-15-3-16-4)17-13-10-7-6-8(10)12(13)9(6)11(7)13/h2-3,5-12H,1,14H2,(H,15,16). The van der Waals surface area contributed by atoms with E-state index in [1.54, 1.807) is 6.33 Å². The lowest BCUT2D eigenvalue weighted by atomic mass is 8.99. The molecule has 0 saturated heterocycles. The van der Waals surface area contributed by atoms with Gasteiger partial charge in [-0.1, -0.05) is 0 Å². The molecule has 4 heteroatoms. The fraction of sp³-hybridized carbons (Fsp3) is 0.769. The lowest BCUT2D eigenvalue weighted by Gasteiger charge is -3.06. The van der Waals surface area contributed by atoms with Gasteiger partial charge in [0, 0.05) is 18.3 Å². The number of imidazole rings is 1. The maximum absolute atomic E-state index is 6.26. The van der Waals surface area contributed by atoms with Crippen molar-refractivity contribution in [3.8, 4) is 0 Å². The third-order valence-corrected chi connectivity index (χ3v) is 6.72. The minimum atomic E-state index is -0.152. The second-order valence-electron chi connectivity index (χ2n) is 6.68. The van der Waals surface area contributed by atoms with Gasteiger partial charge in [-0.25, -0.2) is 4.98 Å². The zero-order valence-corrected chi connectivity index (χ0v) is 9.41. The summed E-state index contributed by atoms with van der Waals surface area (Å²) in [7, 11) is 0.